The summed E-state index contributed by atoms with van der Waals surface area (Å²) in [5, 5.41) is 5.84. The first-order valence-electron chi connectivity index (χ1n) is 9.80. The number of benzene rings is 2. The Labute approximate surface area is 169 Å². The van der Waals surface area contributed by atoms with E-state index >= 15 is 0 Å². The molecule has 0 bridgehead atoms. The number of hydrogen-bond acceptors (Lipinski definition) is 6. The number of nitrogens with zero attached hydrogens (tertiary/aromatic N) is 3. The molecule has 150 valence electrons. The van der Waals surface area contributed by atoms with Crippen molar-refractivity contribution in [3.05, 3.63) is 60.7 Å². The van der Waals surface area contributed by atoms with Gasteiger partial charge in [-0.15, -0.1) is 0 Å². The first-order chi connectivity index (χ1) is 14.1. The molecule has 2 aromatic rings. The molecule has 0 aromatic heterocycles. The molecule has 0 spiro atoms. The highest BCUT2D eigenvalue weighted by atomic mass is 16.5. The van der Waals surface area contributed by atoms with Gasteiger partial charge in [0, 0.05) is 31.1 Å². The fourth-order valence-electron chi connectivity index (χ4n) is 3.79. The predicted octanol–water partition coefficient (Wildman–Crippen LogP) is 2.18. The lowest BCUT2D eigenvalue weighted by Gasteiger charge is -2.20. The van der Waals surface area contributed by atoms with Gasteiger partial charge in [-0.1, -0.05) is 36.4 Å². The summed E-state index contributed by atoms with van der Waals surface area (Å²) >= 11 is 0. The summed E-state index contributed by atoms with van der Waals surface area (Å²) in [5.41, 5.74) is 7.65. The van der Waals surface area contributed by atoms with E-state index < -0.39 is 17.9 Å². The van der Waals surface area contributed by atoms with Gasteiger partial charge in [0.2, 0.25) is 5.91 Å². The van der Waals surface area contributed by atoms with Gasteiger partial charge < -0.3 is 15.4 Å². The number of para-hydroxylation sites is 2. The van der Waals surface area contributed by atoms with Crippen molar-refractivity contribution >= 4 is 29.0 Å². The first-order valence-corrected chi connectivity index (χ1v) is 9.80. The van der Waals surface area contributed by atoms with Gasteiger partial charge in [-0.3, -0.25) is 9.80 Å². The lowest BCUT2D eigenvalue weighted by Crippen LogP contribution is -2.39. The Morgan fingerprint density at radius 2 is 1.69 bits per heavy atom. The van der Waals surface area contributed by atoms with E-state index in [4.69, 9.17) is 10.5 Å². The molecule has 7 nitrogen and oxygen atoms in total. The Hall–Kier alpha value is -3.35. The second-order valence-electron chi connectivity index (χ2n) is 7.38. The number of anilines is 2. The van der Waals surface area contributed by atoms with E-state index in [-0.39, 0.29) is 18.1 Å². The molecule has 1 saturated heterocycles. The first kappa shape index (κ1) is 19.0. The highest BCUT2D eigenvalue weighted by Gasteiger charge is 2.36. The Morgan fingerprint density at radius 3 is 2.34 bits per heavy atom. The zero-order chi connectivity index (χ0) is 20.2. The minimum absolute atomic E-state index is 0.157. The van der Waals surface area contributed by atoms with E-state index in [1.165, 1.54) is 10.7 Å². The Kier molecular flexibility index (Phi) is 5.46. The molecule has 2 unspecified atom stereocenters. The van der Waals surface area contributed by atoms with Gasteiger partial charge in [-0.25, -0.2) is 4.79 Å². The summed E-state index contributed by atoms with van der Waals surface area (Å²) in [6.07, 6.45) is 1.12. The molecule has 2 aromatic carbocycles. The lowest BCUT2D eigenvalue weighted by molar-refractivity contribution is -0.136. The quantitative estimate of drug-likeness (QED) is 0.762. The number of carbonyl (C=O) groups excluding carboxylic acids is 2. The SMILES string of the molecule is NC(=O)C1CC(C(=O)OCC2CCN(c3ccccc3)C2)=NN1c1ccccc1. The second kappa shape index (κ2) is 8.34. The summed E-state index contributed by atoms with van der Waals surface area (Å²) < 4.78 is 5.53. The van der Waals surface area contributed by atoms with Crippen LogP contribution in [0.3, 0.4) is 0 Å². The van der Waals surface area contributed by atoms with E-state index in [2.05, 4.69) is 22.1 Å². The Balaban J connectivity index is 1.36. The van der Waals surface area contributed by atoms with Crippen LogP contribution >= 0.6 is 0 Å². The number of carbonyl (C=O) groups is 2. The minimum Gasteiger partial charge on any atom is -0.461 e. The molecule has 2 N–H and O–H groups in total. The molecule has 1 fully saturated rings. The van der Waals surface area contributed by atoms with Crippen LogP contribution < -0.4 is 15.6 Å². The zero-order valence-corrected chi connectivity index (χ0v) is 16.1. The number of amides is 1. The van der Waals surface area contributed by atoms with Gasteiger partial charge >= 0.3 is 5.97 Å². The van der Waals surface area contributed by atoms with Crippen molar-refractivity contribution in [2.24, 2.45) is 16.8 Å². The van der Waals surface area contributed by atoms with Crippen molar-refractivity contribution in [2.75, 3.05) is 29.6 Å². The maximum Gasteiger partial charge on any atom is 0.354 e. The molecule has 29 heavy (non-hydrogen) atoms. The highest BCUT2D eigenvalue weighted by Crippen LogP contribution is 2.26. The molecule has 0 saturated carbocycles. The predicted molar refractivity (Wildman–Crippen MR) is 112 cm³/mol. The van der Waals surface area contributed by atoms with Crippen molar-refractivity contribution in [1.29, 1.82) is 0 Å². The number of rotatable bonds is 6. The third kappa shape index (κ3) is 4.23. The fraction of sp³-hybridized carbons (Fsp3) is 0.318. The fourth-order valence-corrected chi connectivity index (χ4v) is 3.79. The number of ether oxygens (including phenoxy) is 1. The maximum absolute atomic E-state index is 12.6. The number of primary amides is 1. The van der Waals surface area contributed by atoms with E-state index in [0.29, 0.717) is 12.3 Å². The molecule has 7 heteroatoms. The van der Waals surface area contributed by atoms with Crippen molar-refractivity contribution < 1.29 is 14.3 Å². The third-order valence-corrected chi connectivity index (χ3v) is 5.35. The molecular weight excluding hydrogens is 368 g/mol. The van der Waals surface area contributed by atoms with E-state index in [9.17, 15) is 9.59 Å². The largest absolute Gasteiger partial charge is 0.461 e. The highest BCUT2D eigenvalue weighted by molar-refractivity contribution is 6.38. The Morgan fingerprint density at radius 1 is 1.03 bits per heavy atom. The summed E-state index contributed by atoms with van der Waals surface area (Å²) in [6.45, 7) is 2.14. The topological polar surface area (TPSA) is 88.2 Å². The van der Waals surface area contributed by atoms with Crippen LogP contribution in [0.4, 0.5) is 11.4 Å². The van der Waals surface area contributed by atoms with Gasteiger partial charge in [0.1, 0.15) is 11.8 Å². The van der Waals surface area contributed by atoms with Crippen LogP contribution in [0, 0.1) is 5.92 Å². The van der Waals surface area contributed by atoms with Crippen LogP contribution in [0.15, 0.2) is 65.8 Å². The van der Waals surface area contributed by atoms with Crippen molar-refractivity contribution in [3.8, 4) is 0 Å². The van der Waals surface area contributed by atoms with E-state index in [1.54, 1.807) is 0 Å². The monoisotopic (exact) mass is 392 g/mol. The molecule has 2 atom stereocenters. The summed E-state index contributed by atoms with van der Waals surface area (Å²) in [7, 11) is 0. The minimum atomic E-state index is -0.681. The van der Waals surface area contributed by atoms with Crippen LogP contribution in [-0.4, -0.2) is 43.3 Å². The number of hydrogen-bond donors (Lipinski definition) is 1. The van der Waals surface area contributed by atoms with Crippen LogP contribution in [-0.2, 0) is 14.3 Å². The number of esters is 1. The van der Waals surface area contributed by atoms with Gasteiger partial charge in [0.25, 0.3) is 0 Å². The average Bonchev–Trinajstić information content (AvgIpc) is 3.41. The average molecular weight is 392 g/mol. The summed E-state index contributed by atoms with van der Waals surface area (Å²) in [4.78, 5) is 26.7. The number of hydrazone groups is 1. The molecule has 0 radical (unpaired) electrons. The number of nitrogens with two attached hydrogens (primary N) is 1. The maximum atomic E-state index is 12.6. The molecular formula is C22H24N4O3. The van der Waals surface area contributed by atoms with Crippen molar-refractivity contribution in [1.82, 2.24) is 0 Å². The van der Waals surface area contributed by atoms with Gasteiger partial charge in [0.05, 0.1) is 12.3 Å². The zero-order valence-electron chi connectivity index (χ0n) is 16.1. The molecule has 4 rings (SSSR count). The Bertz CT molecular complexity index is 901. The smallest absolute Gasteiger partial charge is 0.354 e. The lowest BCUT2D eigenvalue weighted by atomic mass is 10.1. The summed E-state index contributed by atoms with van der Waals surface area (Å²) in [5.74, 6) is -0.721. The summed E-state index contributed by atoms with van der Waals surface area (Å²) in [6, 6.07) is 18.7. The van der Waals surface area contributed by atoms with Crippen LogP contribution in [0.25, 0.3) is 0 Å². The van der Waals surface area contributed by atoms with Crippen molar-refractivity contribution in [2.45, 2.75) is 18.9 Å². The van der Waals surface area contributed by atoms with Crippen LogP contribution in [0.5, 0.6) is 0 Å². The standard InChI is InChI=1S/C22H24N4O3/c23-21(27)20-13-19(24-26(20)18-9-5-2-6-10-18)22(28)29-15-16-11-12-25(14-16)17-7-3-1-4-8-17/h1-10,16,20H,11-15H2,(H2,23,27). The molecule has 2 aliphatic heterocycles. The van der Waals surface area contributed by atoms with Crippen molar-refractivity contribution in [3.63, 3.8) is 0 Å². The molecule has 1 amide bonds. The van der Waals surface area contributed by atoms with Crippen LogP contribution in [0.2, 0.25) is 0 Å². The molecule has 2 aliphatic rings. The molecule has 2 heterocycles. The van der Waals surface area contributed by atoms with Gasteiger partial charge in [-0.05, 0) is 30.7 Å². The normalized spacial score (nSPS) is 21.2. The second-order valence-corrected chi connectivity index (χ2v) is 7.38. The van der Waals surface area contributed by atoms with E-state index in [1.807, 2.05) is 48.5 Å². The van der Waals surface area contributed by atoms with Crippen LogP contribution in [0.1, 0.15) is 12.8 Å². The van der Waals surface area contributed by atoms with Gasteiger partial charge in [0.15, 0.2) is 0 Å². The third-order valence-electron chi connectivity index (χ3n) is 5.35. The van der Waals surface area contributed by atoms with E-state index in [0.717, 1.165) is 19.5 Å². The molecule has 0 aliphatic carbocycles. The van der Waals surface area contributed by atoms with Gasteiger partial charge in [-0.2, -0.15) is 5.10 Å².